The lowest BCUT2D eigenvalue weighted by atomic mass is 9.58. The zero-order valence-corrected chi connectivity index (χ0v) is 15.0. The summed E-state index contributed by atoms with van der Waals surface area (Å²) in [5.41, 5.74) is 13.8. The van der Waals surface area contributed by atoms with E-state index in [1.54, 1.807) is 0 Å². The summed E-state index contributed by atoms with van der Waals surface area (Å²) in [7, 11) is 0. The molecule has 1 aromatic rings. The van der Waals surface area contributed by atoms with Crippen molar-refractivity contribution >= 4 is 28.9 Å². The molecule has 0 heterocycles. The van der Waals surface area contributed by atoms with Gasteiger partial charge < -0.3 is 37.6 Å². The molecule has 1 unspecified atom stereocenters. The van der Waals surface area contributed by atoms with E-state index in [1.807, 2.05) is 0 Å². The third kappa shape index (κ3) is 2.21. The second-order valence-corrected chi connectivity index (χ2v) is 7.61. The number of phenols is 1. The second kappa shape index (κ2) is 5.82. The van der Waals surface area contributed by atoms with Gasteiger partial charge in [0.25, 0.3) is 5.91 Å². The molecule has 1 aromatic carbocycles. The van der Waals surface area contributed by atoms with Crippen molar-refractivity contribution in [3.63, 3.8) is 0 Å². The number of rotatable bonds is 1. The van der Waals surface area contributed by atoms with Crippen molar-refractivity contribution in [2.45, 2.75) is 24.5 Å². The Balaban J connectivity index is 1.98. The van der Waals surface area contributed by atoms with Crippen molar-refractivity contribution in [3.8, 4) is 5.75 Å². The molecule has 10 nitrogen and oxygen atoms in total. The topological polar surface area (TPSA) is 210 Å². The number of phenolic OH excluding ortho intramolecular Hbond substituents is 1. The van der Waals surface area contributed by atoms with Crippen LogP contribution in [0.25, 0.3) is 5.76 Å². The van der Waals surface area contributed by atoms with Crippen LogP contribution in [0.5, 0.6) is 5.75 Å². The van der Waals surface area contributed by atoms with Crippen LogP contribution in [-0.4, -0.2) is 49.5 Å². The number of carbonyl (C=O) groups excluding carboxylic acids is 3. The molecule has 1 fully saturated rings. The zero-order chi connectivity index (χ0) is 21.4. The van der Waals surface area contributed by atoms with Crippen LogP contribution in [0, 0.1) is 11.8 Å². The van der Waals surface area contributed by atoms with Gasteiger partial charge in [0.05, 0.1) is 11.6 Å². The predicted octanol–water partition coefficient (Wildman–Crippen LogP) is -1.06. The van der Waals surface area contributed by atoms with E-state index in [4.69, 9.17) is 17.2 Å². The number of amides is 1. The highest BCUT2D eigenvalue weighted by Gasteiger charge is 2.63. The number of fused-ring (bicyclic) bond motifs is 3. The van der Waals surface area contributed by atoms with Gasteiger partial charge in [-0.2, -0.15) is 0 Å². The van der Waals surface area contributed by atoms with Crippen LogP contribution in [0.4, 0.5) is 5.69 Å². The summed E-state index contributed by atoms with van der Waals surface area (Å²) in [6.07, 6.45) is 0.0839. The van der Waals surface area contributed by atoms with E-state index < -0.39 is 58.0 Å². The maximum Gasteiger partial charge on any atom is 0.255 e. The maximum absolute atomic E-state index is 13.3. The van der Waals surface area contributed by atoms with E-state index in [-0.39, 0.29) is 29.7 Å². The number of hydrogen-bond donors (Lipinski definition) is 7. The van der Waals surface area contributed by atoms with Gasteiger partial charge in [0, 0.05) is 17.2 Å². The molecule has 0 radical (unpaired) electrons. The van der Waals surface area contributed by atoms with Gasteiger partial charge in [0.2, 0.25) is 5.78 Å². The SMILES string of the molecule is NC(=O)C1=C(O)[C@@]2(O)C(=O)C3=C(O)c4c(O)ccc(N)c4C[C@H]3C[C@H]2C(N)C1=O. The Labute approximate surface area is 163 Å². The number of primary amides is 1. The Morgan fingerprint density at radius 2 is 1.83 bits per heavy atom. The van der Waals surface area contributed by atoms with Gasteiger partial charge in [-0.05, 0) is 36.5 Å². The summed E-state index contributed by atoms with van der Waals surface area (Å²) in [5.74, 6) is -7.40. The molecule has 4 atom stereocenters. The van der Waals surface area contributed by atoms with Crippen molar-refractivity contribution < 1.29 is 34.8 Å². The van der Waals surface area contributed by atoms with Gasteiger partial charge >= 0.3 is 0 Å². The summed E-state index contributed by atoms with van der Waals surface area (Å²) in [4.78, 5) is 37.3. The highest BCUT2D eigenvalue weighted by Crippen LogP contribution is 2.52. The first-order valence-electron chi connectivity index (χ1n) is 8.86. The largest absolute Gasteiger partial charge is 0.508 e. The number of nitrogen functional groups attached to an aromatic ring is 1. The lowest BCUT2D eigenvalue weighted by Gasteiger charge is -2.48. The van der Waals surface area contributed by atoms with E-state index in [1.165, 1.54) is 12.1 Å². The Bertz CT molecular complexity index is 1070. The van der Waals surface area contributed by atoms with Crippen LogP contribution in [0.3, 0.4) is 0 Å². The number of hydrogen-bond acceptors (Lipinski definition) is 9. The van der Waals surface area contributed by atoms with Crippen molar-refractivity contribution in [2.24, 2.45) is 23.3 Å². The minimum atomic E-state index is -2.70. The van der Waals surface area contributed by atoms with Crippen LogP contribution < -0.4 is 17.2 Å². The highest BCUT2D eigenvalue weighted by atomic mass is 16.3. The summed E-state index contributed by atoms with van der Waals surface area (Å²) in [6, 6.07) is 1.25. The molecule has 0 bridgehead atoms. The Hall–Kier alpha value is -3.37. The smallest absolute Gasteiger partial charge is 0.255 e. The Morgan fingerprint density at radius 3 is 2.45 bits per heavy atom. The van der Waals surface area contributed by atoms with Gasteiger partial charge in [-0.15, -0.1) is 0 Å². The third-order valence-electron chi connectivity index (χ3n) is 6.17. The standard InChI is InChI=1S/C19H19N3O7/c20-8-1-2-9(23)11-6(8)3-5-4-7-13(21)15(25)12(18(22)28)17(27)19(7,29)16(26)10(5)14(11)24/h1-2,5,7,13,23-24,27,29H,3-4,20-21H2,(H2,22,28)/t5-,7-,13?,19-/m0/s1. The fraction of sp³-hybridized carbons (Fsp3) is 0.316. The molecule has 0 aromatic heterocycles. The van der Waals surface area contributed by atoms with E-state index in [0.29, 0.717) is 11.3 Å². The number of aromatic hydroxyl groups is 1. The zero-order valence-electron chi connectivity index (χ0n) is 15.0. The Kier molecular flexibility index (Phi) is 3.80. The lowest BCUT2D eigenvalue weighted by Crippen LogP contribution is -2.65. The van der Waals surface area contributed by atoms with Gasteiger partial charge in [-0.1, -0.05) is 0 Å². The first-order valence-corrected chi connectivity index (χ1v) is 8.86. The van der Waals surface area contributed by atoms with Gasteiger partial charge in [0.1, 0.15) is 22.8 Å². The van der Waals surface area contributed by atoms with E-state index in [2.05, 4.69) is 0 Å². The number of ketones is 2. The van der Waals surface area contributed by atoms with Crippen molar-refractivity contribution in [1.29, 1.82) is 0 Å². The molecule has 29 heavy (non-hydrogen) atoms. The van der Waals surface area contributed by atoms with Crippen LogP contribution in [0.15, 0.2) is 29.0 Å². The van der Waals surface area contributed by atoms with E-state index >= 15 is 0 Å². The molecule has 10 N–H and O–H groups in total. The number of aliphatic hydroxyl groups is 3. The fourth-order valence-corrected chi connectivity index (χ4v) is 4.74. The number of anilines is 1. The van der Waals surface area contributed by atoms with Crippen molar-refractivity contribution in [3.05, 3.63) is 40.2 Å². The third-order valence-corrected chi connectivity index (χ3v) is 6.17. The van der Waals surface area contributed by atoms with Gasteiger partial charge in [-0.3, -0.25) is 14.4 Å². The van der Waals surface area contributed by atoms with Crippen molar-refractivity contribution in [1.82, 2.24) is 0 Å². The molecule has 152 valence electrons. The molecule has 3 aliphatic rings. The van der Waals surface area contributed by atoms with Gasteiger partial charge in [0.15, 0.2) is 11.4 Å². The monoisotopic (exact) mass is 401 g/mol. The molecular weight excluding hydrogens is 382 g/mol. The summed E-state index contributed by atoms with van der Waals surface area (Å²) < 4.78 is 0. The normalized spacial score (nSPS) is 31.3. The first-order chi connectivity index (χ1) is 13.5. The fourth-order valence-electron chi connectivity index (χ4n) is 4.74. The minimum Gasteiger partial charge on any atom is -0.508 e. The molecule has 10 heteroatoms. The first kappa shape index (κ1) is 19.0. The predicted molar refractivity (Wildman–Crippen MR) is 99.2 cm³/mol. The number of carbonyl (C=O) groups is 3. The average Bonchev–Trinajstić information content (AvgIpc) is 2.65. The Morgan fingerprint density at radius 1 is 1.17 bits per heavy atom. The molecular formula is C19H19N3O7. The summed E-state index contributed by atoms with van der Waals surface area (Å²) in [6.45, 7) is 0. The number of Topliss-reactive ketones (excluding diaryl/α,β-unsaturated/α-hetero) is 2. The second-order valence-electron chi connectivity index (χ2n) is 7.61. The molecule has 0 saturated heterocycles. The summed E-state index contributed by atoms with van der Waals surface area (Å²) >= 11 is 0. The molecule has 3 aliphatic carbocycles. The number of aliphatic hydroxyl groups excluding tert-OH is 2. The van der Waals surface area contributed by atoms with Crippen molar-refractivity contribution in [2.75, 3.05) is 5.73 Å². The van der Waals surface area contributed by atoms with E-state index in [9.17, 15) is 34.8 Å². The lowest BCUT2D eigenvalue weighted by molar-refractivity contribution is -0.149. The molecule has 1 saturated carbocycles. The van der Waals surface area contributed by atoms with Crippen LogP contribution >= 0.6 is 0 Å². The van der Waals surface area contributed by atoms with Crippen LogP contribution in [-0.2, 0) is 20.8 Å². The van der Waals surface area contributed by atoms with E-state index in [0.717, 1.165) is 0 Å². The summed E-state index contributed by atoms with van der Waals surface area (Å²) in [5, 5.41) is 42.5. The number of nitrogens with two attached hydrogens (primary N) is 3. The minimum absolute atomic E-state index is 0.0403. The van der Waals surface area contributed by atoms with Gasteiger partial charge in [-0.25, -0.2) is 0 Å². The molecule has 0 aliphatic heterocycles. The maximum atomic E-state index is 13.3. The van der Waals surface area contributed by atoms with Crippen LogP contribution in [0.1, 0.15) is 17.5 Å². The molecule has 1 amide bonds. The molecule has 0 spiro atoms. The highest BCUT2D eigenvalue weighted by molar-refractivity contribution is 6.24. The average molecular weight is 401 g/mol. The quantitative estimate of drug-likeness (QED) is 0.173. The molecule has 4 rings (SSSR count). The number of benzene rings is 1. The van der Waals surface area contributed by atoms with Crippen LogP contribution in [0.2, 0.25) is 0 Å².